The summed E-state index contributed by atoms with van der Waals surface area (Å²) in [6.07, 6.45) is 8.00. The topological polar surface area (TPSA) is 37.3 Å². The van der Waals surface area contributed by atoms with Gasteiger partial charge >= 0.3 is 0 Å². The molecular weight excluding hydrogens is 200 g/mol. The number of carbonyl (C=O) groups is 1. The lowest BCUT2D eigenvalue weighted by Crippen LogP contribution is -1.86. The Morgan fingerprint density at radius 3 is 2.75 bits per heavy atom. The molecule has 1 N–H and O–H groups in total. The van der Waals surface area contributed by atoms with E-state index < -0.39 is 0 Å². The molecule has 0 unspecified atom stereocenters. The third-order valence-corrected chi connectivity index (χ3v) is 2.13. The van der Waals surface area contributed by atoms with Crippen LogP contribution in [0.1, 0.15) is 22.8 Å². The summed E-state index contributed by atoms with van der Waals surface area (Å²) >= 11 is 0. The van der Waals surface area contributed by atoms with Crippen molar-refractivity contribution in [3.63, 3.8) is 0 Å². The number of allylic oxidation sites excluding steroid dienone is 5. The molecule has 0 fully saturated rings. The second kappa shape index (κ2) is 5.71. The molecule has 0 aliphatic rings. The summed E-state index contributed by atoms with van der Waals surface area (Å²) in [5.41, 5.74) is 2.11. The Hall–Kier alpha value is -2.09. The molecule has 0 saturated carbocycles. The Morgan fingerprint density at radius 2 is 2.19 bits per heavy atom. The normalized spacial score (nSPS) is 11.7. The molecule has 0 radical (unpaired) electrons. The van der Waals surface area contributed by atoms with Gasteiger partial charge in [-0.2, -0.15) is 0 Å². The van der Waals surface area contributed by atoms with Crippen LogP contribution in [0, 0.1) is 0 Å². The van der Waals surface area contributed by atoms with Crippen LogP contribution in [0.15, 0.2) is 49.1 Å². The van der Waals surface area contributed by atoms with Crippen LogP contribution in [-0.2, 0) is 0 Å². The maximum Gasteiger partial charge on any atom is 0.153 e. The van der Waals surface area contributed by atoms with Gasteiger partial charge in [-0.15, -0.1) is 0 Å². The second-order valence-corrected chi connectivity index (χ2v) is 3.25. The van der Waals surface area contributed by atoms with Gasteiger partial charge in [-0.25, -0.2) is 0 Å². The molecule has 0 aliphatic carbocycles. The van der Waals surface area contributed by atoms with Crippen molar-refractivity contribution < 1.29 is 9.90 Å². The average molecular weight is 214 g/mol. The first-order chi connectivity index (χ1) is 7.72. The summed E-state index contributed by atoms with van der Waals surface area (Å²) in [4.78, 5) is 10.7. The largest absolute Gasteiger partial charge is 0.507 e. The number of rotatable bonds is 4. The fraction of sp³-hybridized carbons (Fsp3) is 0.0714. The highest BCUT2D eigenvalue weighted by atomic mass is 16.3. The van der Waals surface area contributed by atoms with E-state index in [2.05, 4.69) is 6.58 Å². The minimum atomic E-state index is -0.00261. The van der Waals surface area contributed by atoms with E-state index in [0.29, 0.717) is 6.29 Å². The van der Waals surface area contributed by atoms with Crippen LogP contribution in [0.4, 0.5) is 0 Å². The average Bonchev–Trinajstić information content (AvgIpc) is 2.29. The minimum Gasteiger partial charge on any atom is -0.507 e. The van der Waals surface area contributed by atoms with Crippen molar-refractivity contribution in [1.82, 2.24) is 0 Å². The molecule has 0 aromatic heterocycles. The molecule has 16 heavy (non-hydrogen) atoms. The van der Waals surface area contributed by atoms with Gasteiger partial charge in [0.25, 0.3) is 0 Å². The maximum absolute atomic E-state index is 10.7. The van der Waals surface area contributed by atoms with Crippen LogP contribution in [0.2, 0.25) is 0 Å². The number of phenolic OH excluding ortho intramolecular Hbond substituents is 1. The third-order valence-electron chi connectivity index (χ3n) is 2.13. The van der Waals surface area contributed by atoms with E-state index in [1.807, 2.05) is 25.2 Å². The van der Waals surface area contributed by atoms with Gasteiger partial charge in [0, 0.05) is 0 Å². The summed E-state index contributed by atoms with van der Waals surface area (Å²) in [5, 5.41) is 9.39. The molecule has 0 bridgehead atoms. The zero-order valence-electron chi connectivity index (χ0n) is 9.18. The Morgan fingerprint density at radius 1 is 1.44 bits per heavy atom. The Balaban J connectivity index is 3.25. The van der Waals surface area contributed by atoms with E-state index in [4.69, 9.17) is 0 Å². The summed E-state index contributed by atoms with van der Waals surface area (Å²) in [6, 6.07) is 4.93. The first-order valence-corrected chi connectivity index (χ1v) is 4.97. The van der Waals surface area contributed by atoms with E-state index >= 15 is 0 Å². The van der Waals surface area contributed by atoms with Crippen molar-refractivity contribution in [3.05, 3.63) is 60.2 Å². The van der Waals surface area contributed by atoms with E-state index in [1.54, 1.807) is 18.2 Å². The van der Waals surface area contributed by atoms with Gasteiger partial charge in [0.05, 0.1) is 5.56 Å². The zero-order valence-corrected chi connectivity index (χ0v) is 9.18. The van der Waals surface area contributed by atoms with Gasteiger partial charge < -0.3 is 5.11 Å². The number of aromatic hydroxyl groups is 1. The minimum absolute atomic E-state index is 0.00261. The van der Waals surface area contributed by atoms with Crippen molar-refractivity contribution in [2.75, 3.05) is 0 Å². The summed E-state index contributed by atoms with van der Waals surface area (Å²) in [5.74, 6) is -0.00261. The lowest BCUT2D eigenvalue weighted by molar-refractivity contribution is 0.112. The van der Waals surface area contributed by atoms with Crippen LogP contribution in [-0.4, -0.2) is 11.4 Å². The Labute approximate surface area is 95.2 Å². The lowest BCUT2D eigenvalue weighted by atomic mass is 10.0. The number of benzene rings is 1. The van der Waals surface area contributed by atoms with Crippen LogP contribution in [0.25, 0.3) is 5.57 Å². The molecule has 2 nitrogen and oxygen atoms in total. The lowest BCUT2D eigenvalue weighted by Gasteiger charge is -2.04. The quantitative estimate of drug-likeness (QED) is 0.616. The Bertz CT molecular complexity index is 454. The van der Waals surface area contributed by atoms with E-state index in [9.17, 15) is 9.90 Å². The molecule has 1 aromatic rings. The predicted molar refractivity (Wildman–Crippen MR) is 66.5 cm³/mol. The molecule has 0 amide bonds. The molecule has 0 aliphatic heterocycles. The van der Waals surface area contributed by atoms with Gasteiger partial charge in [-0.1, -0.05) is 36.9 Å². The van der Waals surface area contributed by atoms with Crippen LogP contribution < -0.4 is 0 Å². The van der Waals surface area contributed by atoms with E-state index in [0.717, 1.165) is 11.1 Å². The molecule has 0 heterocycles. The van der Waals surface area contributed by atoms with Gasteiger partial charge in [0.15, 0.2) is 6.29 Å². The fourth-order valence-electron chi connectivity index (χ4n) is 1.38. The van der Waals surface area contributed by atoms with Crippen LogP contribution >= 0.6 is 0 Å². The molecule has 0 saturated heterocycles. The zero-order chi connectivity index (χ0) is 12.0. The molecular formula is C14H14O2. The van der Waals surface area contributed by atoms with Crippen molar-refractivity contribution in [2.45, 2.75) is 6.92 Å². The van der Waals surface area contributed by atoms with Crippen LogP contribution in [0.3, 0.4) is 0 Å². The Kier molecular flexibility index (Phi) is 4.28. The van der Waals surface area contributed by atoms with Gasteiger partial charge in [0.2, 0.25) is 0 Å². The highest BCUT2D eigenvalue weighted by molar-refractivity contribution is 5.84. The van der Waals surface area contributed by atoms with Crippen molar-refractivity contribution in [1.29, 1.82) is 0 Å². The predicted octanol–water partition coefficient (Wildman–Crippen LogP) is 3.35. The standard InChI is InChI=1S/C14H14O2/c1-3-5-11(6-4-2)12-7-8-14(16)13(9-12)10-15/h3-10,16H,1H2,2H3/b6-4-,11-5+. The van der Waals surface area contributed by atoms with Crippen molar-refractivity contribution in [3.8, 4) is 5.75 Å². The SMILES string of the molecule is C=C/C=C(\C=C/C)c1ccc(O)c(C=O)c1. The summed E-state index contributed by atoms with van der Waals surface area (Å²) in [7, 11) is 0. The fourth-order valence-corrected chi connectivity index (χ4v) is 1.38. The first-order valence-electron chi connectivity index (χ1n) is 4.97. The number of hydrogen-bond donors (Lipinski definition) is 1. The van der Waals surface area contributed by atoms with Crippen molar-refractivity contribution in [2.24, 2.45) is 0 Å². The number of hydrogen-bond acceptors (Lipinski definition) is 2. The maximum atomic E-state index is 10.7. The van der Waals surface area contributed by atoms with E-state index in [-0.39, 0.29) is 11.3 Å². The molecule has 1 rings (SSSR count). The monoisotopic (exact) mass is 214 g/mol. The first kappa shape index (κ1) is 12.0. The second-order valence-electron chi connectivity index (χ2n) is 3.25. The molecule has 2 heteroatoms. The van der Waals surface area contributed by atoms with E-state index in [1.165, 1.54) is 6.07 Å². The third kappa shape index (κ3) is 2.70. The summed E-state index contributed by atoms with van der Waals surface area (Å²) in [6.45, 7) is 5.55. The van der Waals surface area contributed by atoms with Gasteiger partial charge in [-0.05, 0) is 30.2 Å². The molecule has 1 aromatic carbocycles. The summed E-state index contributed by atoms with van der Waals surface area (Å²) < 4.78 is 0. The van der Waals surface area contributed by atoms with Gasteiger partial charge in [-0.3, -0.25) is 4.79 Å². The smallest absolute Gasteiger partial charge is 0.153 e. The molecule has 82 valence electrons. The van der Waals surface area contributed by atoms with Crippen molar-refractivity contribution >= 4 is 11.9 Å². The van der Waals surface area contributed by atoms with Crippen LogP contribution in [0.5, 0.6) is 5.75 Å². The highest BCUT2D eigenvalue weighted by Gasteiger charge is 2.03. The molecule has 0 atom stereocenters. The molecule has 0 spiro atoms. The number of carbonyl (C=O) groups excluding carboxylic acids is 1. The highest BCUT2D eigenvalue weighted by Crippen LogP contribution is 2.22. The number of phenols is 1. The van der Waals surface area contributed by atoms with Gasteiger partial charge in [0.1, 0.15) is 5.75 Å². The number of aldehydes is 1.